The maximum absolute atomic E-state index is 6.22. The molecule has 0 spiro atoms. The van der Waals surface area contributed by atoms with E-state index in [0.29, 0.717) is 0 Å². The number of nitrogens with zero attached hydrogens (tertiary/aromatic N) is 2. The molecule has 0 radical (unpaired) electrons. The summed E-state index contributed by atoms with van der Waals surface area (Å²) < 4.78 is 7.05. The van der Waals surface area contributed by atoms with Crippen molar-refractivity contribution in [2.24, 2.45) is 0 Å². The number of hydrogen-bond acceptors (Lipinski definition) is 3. The third-order valence-electron chi connectivity index (χ3n) is 4.73. The molecular weight excluding hydrogens is 274 g/mol. The van der Waals surface area contributed by atoms with Gasteiger partial charge in [-0.3, -0.25) is 10.2 Å². The quantitative estimate of drug-likeness (QED) is 0.880. The Morgan fingerprint density at radius 3 is 2.41 bits per heavy atom. The normalized spacial score (nSPS) is 28.2. The summed E-state index contributed by atoms with van der Waals surface area (Å²) in [5.74, 6) is 0. The molecule has 4 nitrogen and oxygen atoms in total. The summed E-state index contributed by atoms with van der Waals surface area (Å²) in [5.41, 5.74) is 2.56. The number of para-hydroxylation sites is 2. The standard InChI is InChI=1S/C18H22N3O/c1-3-7-16(8-4-1)20-12-14-22-18(20)21(13-11-19-15-21)17-9-5-2-6-10-17/h1-10,18-19H,11-15H2/q+1. The van der Waals surface area contributed by atoms with E-state index < -0.39 is 0 Å². The Morgan fingerprint density at radius 2 is 1.73 bits per heavy atom. The van der Waals surface area contributed by atoms with Gasteiger partial charge in [-0.2, -0.15) is 0 Å². The lowest BCUT2D eigenvalue weighted by Crippen LogP contribution is -2.61. The van der Waals surface area contributed by atoms with Crippen molar-refractivity contribution in [2.75, 3.05) is 37.8 Å². The van der Waals surface area contributed by atoms with Crippen molar-refractivity contribution in [3.8, 4) is 0 Å². The Morgan fingerprint density at radius 1 is 1.00 bits per heavy atom. The largest absolute Gasteiger partial charge is 0.309 e. The molecule has 1 N–H and O–H groups in total. The fraction of sp³-hybridized carbons (Fsp3) is 0.333. The van der Waals surface area contributed by atoms with Crippen LogP contribution in [-0.4, -0.2) is 39.3 Å². The zero-order chi connectivity index (χ0) is 14.8. The van der Waals surface area contributed by atoms with Gasteiger partial charge in [0.05, 0.1) is 13.2 Å². The molecule has 2 unspecified atom stereocenters. The SMILES string of the molecule is c1ccc(N2CCOC2[N+]2(c3ccccc3)CCNC2)cc1. The molecule has 0 aliphatic carbocycles. The van der Waals surface area contributed by atoms with Crippen molar-refractivity contribution < 1.29 is 4.74 Å². The first kappa shape index (κ1) is 13.8. The molecule has 114 valence electrons. The molecular formula is C18H22N3O+. The zero-order valence-corrected chi connectivity index (χ0v) is 12.7. The first-order chi connectivity index (χ1) is 10.9. The average molecular weight is 296 g/mol. The molecule has 2 aliphatic heterocycles. The molecule has 2 saturated heterocycles. The van der Waals surface area contributed by atoms with E-state index in [2.05, 4.69) is 70.9 Å². The highest BCUT2D eigenvalue weighted by molar-refractivity contribution is 5.51. The van der Waals surface area contributed by atoms with Crippen LogP contribution in [0.25, 0.3) is 0 Å². The van der Waals surface area contributed by atoms with Crippen molar-refractivity contribution >= 4 is 11.4 Å². The lowest BCUT2D eigenvalue weighted by atomic mass is 10.2. The van der Waals surface area contributed by atoms with Crippen LogP contribution in [0.5, 0.6) is 0 Å². The van der Waals surface area contributed by atoms with E-state index in [9.17, 15) is 0 Å². The van der Waals surface area contributed by atoms with Crippen LogP contribution in [0.3, 0.4) is 0 Å². The molecule has 4 heteroatoms. The lowest BCUT2D eigenvalue weighted by molar-refractivity contribution is -0.00124. The van der Waals surface area contributed by atoms with Gasteiger partial charge < -0.3 is 4.74 Å². The molecule has 0 bridgehead atoms. The van der Waals surface area contributed by atoms with Crippen LogP contribution in [0.1, 0.15) is 0 Å². The Labute approximate surface area is 131 Å². The van der Waals surface area contributed by atoms with Crippen molar-refractivity contribution in [2.45, 2.75) is 6.35 Å². The second-order valence-corrected chi connectivity index (χ2v) is 5.98. The van der Waals surface area contributed by atoms with Crippen molar-refractivity contribution in [3.05, 3.63) is 60.7 Å². The van der Waals surface area contributed by atoms with Gasteiger partial charge in [-0.15, -0.1) is 0 Å². The first-order valence-corrected chi connectivity index (χ1v) is 7.97. The summed E-state index contributed by atoms with van der Waals surface area (Å²) in [5, 5.41) is 3.53. The minimum atomic E-state index is 0.0415. The predicted molar refractivity (Wildman–Crippen MR) is 89.5 cm³/mol. The van der Waals surface area contributed by atoms with Crippen molar-refractivity contribution in [1.82, 2.24) is 9.80 Å². The highest BCUT2D eigenvalue weighted by Crippen LogP contribution is 2.34. The third kappa shape index (κ3) is 2.20. The molecule has 2 aliphatic rings. The van der Waals surface area contributed by atoms with Gasteiger partial charge >= 0.3 is 0 Å². The van der Waals surface area contributed by atoms with Crippen molar-refractivity contribution in [3.63, 3.8) is 0 Å². The smallest absolute Gasteiger partial charge is 0.283 e. The van der Waals surface area contributed by atoms with Crippen LogP contribution in [-0.2, 0) is 4.74 Å². The molecule has 0 amide bonds. The van der Waals surface area contributed by atoms with E-state index in [0.717, 1.165) is 37.4 Å². The van der Waals surface area contributed by atoms with Crippen LogP contribution >= 0.6 is 0 Å². The van der Waals surface area contributed by atoms with Gasteiger partial charge in [0.2, 0.25) is 0 Å². The summed E-state index contributed by atoms with van der Waals surface area (Å²) in [6.45, 7) is 4.72. The first-order valence-electron chi connectivity index (χ1n) is 7.97. The molecule has 4 rings (SSSR count). The fourth-order valence-corrected chi connectivity index (χ4v) is 3.64. The number of benzene rings is 2. The second-order valence-electron chi connectivity index (χ2n) is 5.98. The van der Waals surface area contributed by atoms with Gasteiger partial charge in [0.25, 0.3) is 6.35 Å². The molecule has 22 heavy (non-hydrogen) atoms. The van der Waals surface area contributed by atoms with Gasteiger partial charge in [0.1, 0.15) is 18.9 Å². The fourth-order valence-electron chi connectivity index (χ4n) is 3.64. The number of nitrogens with one attached hydrogen (secondary N) is 1. The van der Waals surface area contributed by atoms with Crippen LogP contribution in [0, 0.1) is 0 Å². The molecule has 0 saturated carbocycles. The number of hydrogen-bond donors (Lipinski definition) is 1. The molecule has 0 aromatic heterocycles. The number of ether oxygens (including phenoxy) is 1. The molecule has 2 aromatic rings. The highest BCUT2D eigenvalue weighted by Gasteiger charge is 2.48. The average Bonchev–Trinajstić information content (AvgIpc) is 3.26. The van der Waals surface area contributed by atoms with Gasteiger partial charge in [-0.1, -0.05) is 36.4 Å². The second kappa shape index (κ2) is 5.72. The van der Waals surface area contributed by atoms with E-state index in [4.69, 9.17) is 4.74 Å². The van der Waals surface area contributed by atoms with Gasteiger partial charge in [0.15, 0.2) is 0 Å². The summed E-state index contributed by atoms with van der Waals surface area (Å²) in [6.07, 6.45) is 0.0415. The Balaban J connectivity index is 1.74. The topological polar surface area (TPSA) is 24.5 Å². The van der Waals surface area contributed by atoms with E-state index in [1.807, 2.05) is 0 Å². The van der Waals surface area contributed by atoms with Crippen LogP contribution in [0.15, 0.2) is 60.7 Å². The monoisotopic (exact) mass is 296 g/mol. The Bertz CT molecular complexity index is 611. The van der Waals surface area contributed by atoms with Gasteiger partial charge in [0, 0.05) is 12.2 Å². The maximum atomic E-state index is 6.22. The minimum absolute atomic E-state index is 0.0415. The molecule has 2 atom stereocenters. The van der Waals surface area contributed by atoms with E-state index in [1.54, 1.807) is 0 Å². The van der Waals surface area contributed by atoms with Crippen molar-refractivity contribution in [1.29, 1.82) is 0 Å². The van der Waals surface area contributed by atoms with Crippen LogP contribution in [0.4, 0.5) is 11.4 Å². The van der Waals surface area contributed by atoms with Gasteiger partial charge in [-0.25, -0.2) is 4.48 Å². The van der Waals surface area contributed by atoms with E-state index >= 15 is 0 Å². The van der Waals surface area contributed by atoms with Crippen LogP contribution < -0.4 is 14.7 Å². The van der Waals surface area contributed by atoms with Gasteiger partial charge in [-0.05, 0) is 24.3 Å². The zero-order valence-electron chi connectivity index (χ0n) is 12.7. The third-order valence-corrected chi connectivity index (χ3v) is 4.73. The predicted octanol–water partition coefficient (Wildman–Crippen LogP) is 2.38. The highest BCUT2D eigenvalue weighted by atomic mass is 16.5. The maximum Gasteiger partial charge on any atom is 0.283 e. The minimum Gasteiger partial charge on any atom is -0.309 e. The number of quaternary nitrogens is 1. The molecule has 2 heterocycles. The van der Waals surface area contributed by atoms with E-state index in [1.165, 1.54) is 11.4 Å². The van der Waals surface area contributed by atoms with Crippen LogP contribution in [0.2, 0.25) is 0 Å². The number of rotatable bonds is 3. The summed E-state index contributed by atoms with van der Waals surface area (Å²) in [7, 11) is 0. The Hall–Kier alpha value is -1.88. The summed E-state index contributed by atoms with van der Waals surface area (Å²) >= 11 is 0. The Kier molecular flexibility index (Phi) is 3.58. The summed E-state index contributed by atoms with van der Waals surface area (Å²) in [4.78, 5) is 2.40. The molecule has 2 fully saturated rings. The summed E-state index contributed by atoms with van der Waals surface area (Å²) in [6, 6.07) is 21.4. The molecule has 2 aromatic carbocycles. The lowest BCUT2D eigenvalue weighted by Gasteiger charge is -2.41. The number of anilines is 1. The van der Waals surface area contributed by atoms with E-state index in [-0.39, 0.29) is 6.35 Å².